The summed E-state index contributed by atoms with van der Waals surface area (Å²) >= 11 is 0. The van der Waals surface area contributed by atoms with Gasteiger partial charge < -0.3 is 5.73 Å². The number of hydrogen-bond donors (Lipinski definition) is 4. The Balaban J connectivity index is 2.35. The molecule has 1 heterocycles. The fourth-order valence-corrected chi connectivity index (χ4v) is 2.35. The van der Waals surface area contributed by atoms with E-state index >= 15 is 0 Å². The van der Waals surface area contributed by atoms with Crippen molar-refractivity contribution < 1.29 is 12.8 Å². The quantitative estimate of drug-likeness (QED) is 0.485. The molecule has 0 saturated carbocycles. The Morgan fingerprint density at radius 2 is 2.21 bits per heavy atom. The molecule has 100 valence electrons. The molecule has 0 aliphatic heterocycles. The summed E-state index contributed by atoms with van der Waals surface area (Å²) in [5.74, 6) is -1.18. The third-order valence-corrected chi connectivity index (χ3v) is 3.64. The lowest BCUT2D eigenvalue weighted by Crippen LogP contribution is -2.16. The standard InChI is InChI=1S/C10H10FN5O2S/c11-9-2-1-6(3-8(9)10(12)13)16-19(17,18)7-4-14-15-5-7/h1-5,16H,(H3,12,13)(H,14,15). The molecule has 19 heavy (non-hydrogen) atoms. The number of aromatic amines is 1. The molecule has 2 aromatic rings. The van der Waals surface area contributed by atoms with E-state index < -0.39 is 21.7 Å². The molecule has 1 aromatic heterocycles. The van der Waals surface area contributed by atoms with Crippen LogP contribution in [0.1, 0.15) is 5.56 Å². The van der Waals surface area contributed by atoms with Gasteiger partial charge in [-0.15, -0.1) is 0 Å². The highest BCUT2D eigenvalue weighted by Gasteiger charge is 2.16. The van der Waals surface area contributed by atoms with E-state index in [1.807, 2.05) is 0 Å². The summed E-state index contributed by atoms with van der Waals surface area (Å²) in [6, 6.07) is 3.42. The van der Waals surface area contributed by atoms with E-state index in [9.17, 15) is 12.8 Å². The molecule has 0 fully saturated rings. The van der Waals surface area contributed by atoms with Crippen molar-refractivity contribution >= 4 is 21.5 Å². The number of halogens is 1. The molecule has 5 N–H and O–H groups in total. The van der Waals surface area contributed by atoms with E-state index in [1.165, 1.54) is 12.3 Å². The summed E-state index contributed by atoms with van der Waals surface area (Å²) in [5.41, 5.74) is 5.12. The number of hydrogen-bond acceptors (Lipinski definition) is 4. The Hall–Kier alpha value is -2.42. The lowest BCUT2D eigenvalue weighted by Gasteiger charge is -2.08. The highest BCUT2D eigenvalue weighted by atomic mass is 32.2. The van der Waals surface area contributed by atoms with E-state index in [1.54, 1.807) is 0 Å². The third kappa shape index (κ3) is 2.71. The van der Waals surface area contributed by atoms with Gasteiger partial charge in [0.1, 0.15) is 16.5 Å². The molecule has 0 aliphatic rings. The maximum Gasteiger partial charge on any atom is 0.265 e. The van der Waals surface area contributed by atoms with Crippen LogP contribution in [-0.2, 0) is 10.0 Å². The van der Waals surface area contributed by atoms with Crippen LogP contribution in [0.25, 0.3) is 0 Å². The van der Waals surface area contributed by atoms with Crippen LogP contribution < -0.4 is 10.5 Å². The van der Waals surface area contributed by atoms with Crippen molar-refractivity contribution in [2.45, 2.75) is 4.90 Å². The number of sulfonamides is 1. The molecule has 0 atom stereocenters. The van der Waals surface area contributed by atoms with Gasteiger partial charge in [0.25, 0.3) is 10.0 Å². The summed E-state index contributed by atoms with van der Waals surface area (Å²) in [7, 11) is -3.80. The van der Waals surface area contributed by atoms with Crippen LogP contribution >= 0.6 is 0 Å². The maximum absolute atomic E-state index is 13.3. The van der Waals surface area contributed by atoms with Gasteiger partial charge in [0, 0.05) is 11.9 Å². The summed E-state index contributed by atoms with van der Waals surface area (Å²) < 4.78 is 39.3. The molecule has 0 unspecified atom stereocenters. The number of nitrogens with two attached hydrogens (primary N) is 1. The largest absolute Gasteiger partial charge is 0.384 e. The second-order valence-corrected chi connectivity index (χ2v) is 5.33. The monoisotopic (exact) mass is 283 g/mol. The van der Waals surface area contributed by atoms with Crippen molar-refractivity contribution in [1.82, 2.24) is 10.2 Å². The van der Waals surface area contributed by atoms with Crippen molar-refractivity contribution in [2.24, 2.45) is 5.73 Å². The van der Waals surface area contributed by atoms with E-state index in [-0.39, 0.29) is 16.1 Å². The first-order chi connectivity index (χ1) is 8.90. The Bertz CT molecular complexity index is 712. The number of nitrogen functional groups attached to an aromatic ring is 1. The van der Waals surface area contributed by atoms with E-state index in [2.05, 4.69) is 14.9 Å². The number of H-pyrrole nitrogens is 1. The summed E-state index contributed by atoms with van der Waals surface area (Å²) in [5, 5.41) is 13.1. The number of anilines is 1. The van der Waals surface area contributed by atoms with Gasteiger partial charge in [-0.3, -0.25) is 15.2 Å². The second kappa shape index (κ2) is 4.69. The zero-order chi connectivity index (χ0) is 14.0. The van der Waals surface area contributed by atoms with Crippen molar-refractivity contribution in [3.63, 3.8) is 0 Å². The van der Waals surface area contributed by atoms with Crippen LogP contribution in [-0.4, -0.2) is 24.5 Å². The number of benzene rings is 1. The Labute approximate surface area is 108 Å². The zero-order valence-electron chi connectivity index (χ0n) is 9.51. The average Bonchev–Trinajstić information content (AvgIpc) is 2.85. The number of rotatable bonds is 4. The summed E-state index contributed by atoms with van der Waals surface area (Å²) in [6.07, 6.45) is 2.34. The number of aromatic nitrogens is 2. The molecular formula is C10H10FN5O2S. The number of amidine groups is 1. The first kappa shape index (κ1) is 13.0. The SMILES string of the molecule is N=C(N)c1cc(NS(=O)(=O)c2cn[nH]c2)ccc1F. The summed E-state index contributed by atoms with van der Waals surface area (Å²) in [4.78, 5) is -0.0544. The highest BCUT2D eigenvalue weighted by molar-refractivity contribution is 7.92. The van der Waals surface area contributed by atoms with Crippen LogP contribution in [0.15, 0.2) is 35.5 Å². The van der Waals surface area contributed by atoms with Gasteiger partial charge in [-0.2, -0.15) is 5.10 Å². The lowest BCUT2D eigenvalue weighted by molar-refractivity contribution is 0.601. The Morgan fingerprint density at radius 3 is 2.79 bits per heavy atom. The Kier molecular flexibility index (Phi) is 3.21. The molecule has 0 bridgehead atoms. The molecule has 7 nitrogen and oxygen atoms in total. The minimum Gasteiger partial charge on any atom is -0.384 e. The van der Waals surface area contributed by atoms with Gasteiger partial charge in [0.2, 0.25) is 0 Å². The zero-order valence-corrected chi connectivity index (χ0v) is 10.3. The summed E-state index contributed by atoms with van der Waals surface area (Å²) in [6.45, 7) is 0. The van der Waals surface area contributed by atoms with Crippen LogP contribution in [0.3, 0.4) is 0 Å². The van der Waals surface area contributed by atoms with E-state index in [4.69, 9.17) is 11.1 Å². The van der Waals surface area contributed by atoms with Crippen molar-refractivity contribution in [2.75, 3.05) is 4.72 Å². The predicted molar refractivity (Wildman–Crippen MR) is 66.8 cm³/mol. The van der Waals surface area contributed by atoms with Crippen molar-refractivity contribution in [3.05, 3.63) is 42.0 Å². The minimum absolute atomic E-state index is 0.0544. The second-order valence-electron chi connectivity index (χ2n) is 3.65. The molecule has 9 heteroatoms. The van der Waals surface area contributed by atoms with Crippen LogP contribution in [0.4, 0.5) is 10.1 Å². The van der Waals surface area contributed by atoms with Crippen molar-refractivity contribution in [3.8, 4) is 0 Å². The van der Waals surface area contributed by atoms with Crippen molar-refractivity contribution in [1.29, 1.82) is 5.41 Å². The molecule has 0 radical (unpaired) electrons. The lowest BCUT2D eigenvalue weighted by atomic mass is 10.2. The topological polar surface area (TPSA) is 125 Å². The first-order valence-electron chi connectivity index (χ1n) is 5.06. The van der Waals surface area contributed by atoms with Crippen LogP contribution in [0, 0.1) is 11.2 Å². The fraction of sp³-hybridized carbons (Fsp3) is 0. The maximum atomic E-state index is 13.3. The van der Waals surface area contributed by atoms with E-state index in [0.717, 1.165) is 18.3 Å². The van der Waals surface area contributed by atoms with Gasteiger partial charge in [0.05, 0.1) is 11.8 Å². The number of nitrogens with one attached hydrogen (secondary N) is 3. The molecule has 0 amide bonds. The first-order valence-corrected chi connectivity index (χ1v) is 6.54. The predicted octanol–water partition coefficient (Wildman–Crippen LogP) is 0.634. The van der Waals surface area contributed by atoms with E-state index in [0.29, 0.717) is 0 Å². The van der Waals surface area contributed by atoms with Gasteiger partial charge in [0.15, 0.2) is 0 Å². The Morgan fingerprint density at radius 1 is 1.47 bits per heavy atom. The normalized spacial score (nSPS) is 11.2. The minimum atomic E-state index is -3.80. The fourth-order valence-electron chi connectivity index (χ4n) is 1.40. The molecule has 1 aromatic carbocycles. The van der Waals surface area contributed by atoms with Gasteiger partial charge in [-0.25, -0.2) is 12.8 Å². The molecule has 2 rings (SSSR count). The number of nitrogens with zero attached hydrogens (tertiary/aromatic N) is 1. The van der Waals surface area contributed by atoms with Crippen LogP contribution in [0.5, 0.6) is 0 Å². The molecular weight excluding hydrogens is 273 g/mol. The van der Waals surface area contributed by atoms with Crippen LogP contribution in [0.2, 0.25) is 0 Å². The molecule has 0 saturated heterocycles. The molecule has 0 aliphatic carbocycles. The molecule has 0 spiro atoms. The third-order valence-electron chi connectivity index (χ3n) is 2.29. The van der Waals surface area contributed by atoms with Gasteiger partial charge >= 0.3 is 0 Å². The van der Waals surface area contributed by atoms with Gasteiger partial charge in [-0.05, 0) is 18.2 Å². The van der Waals surface area contributed by atoms with Gasteiger partial charge in [-0.1, -0.05) is 0 Å². The smallest absolute Gasteiger partial charge is 0.265 e. The average molecular weight is 283 g/mol. The highest BCUT2D eigenvalue weighted by Crippen LogP contribution is 2.18.